The van der Waals surface area contributed by atoms with Crippen molar-refractivity contribution in [1.29, 1.82) is 0 Å². The average molecular weight is 327 g/mol. The molecule has 0 radical (unpaired) electrons. The van der Waals surface area contributed by atoms with Gasteiger partial charge in [0.15, 0.2) is 5.82 Å². The SMILES string of the molecule is CCC(COc1ccccc1)C(=O)n1nc(N)c2ccc(F)cc21. The molecule has 6 heteroatoms. The number of aromatic nitrogens is 2. The van der Waals surface area contributed by atoms with Gasteiger partial charge < -0.3 is 10.5 Å². The van der Waals surface area contributed by atoms with Crippen LogP contribution in [0.25, 0.3) is 10.9 Å². The Hall–Kier alpha value is -2.89. The average Bonchev–Trinajstić information content (AvgIpc) is 2.92. The second-order valence-corrected chi connectivity index (χ2v) is 5.53. The molecule has 2 N–H and O–H groups in total. The molecule has 0 spiro atoms. The van der Waals surface area contributed by atoms with Crippen LogP contribution in [0.15, 0.2) is 48.5 Å². The lowest BCUT2D eigenvalue weighted by Gasteiger charge is -2.15. The first-order valence-corrected chi connectivity index (χ1v) is 7.76. The van der Waals surface area contributed by atoms with Crippen LogP contribution in [-0.4, -0.2) is 22.3 Å². The number of nitrogens with zero attached hydrogens (tertiary/aromatic N) is 2. The van der Waals surface area contributed by atoms with Crippen LogP contribution in [0, 0.1) is 11.7 Å². The van der Waals surface area contributed by atoms with Crippen LogP contribution >= 0.6 is 0 Å². The summed E-state index contributed by atoms with van der Waals surface area (Å²) < 4.78 is 20.4. The first kappa shape index (κ1) is 16.0. The van der Waals surface area contributed by atoms with Crippen molar-refractivity contribution in [3.05, 3.63) is 54.3 Å². The number of ether oxygens (including phenoxy) is 1. The van der Waals surface area contributed by atoms with E-state index in [0.29, 0.717) is 23.1 Å². The molecule has 0 amide bonds. The summed E-state index contributed by atoms with van der Waals surface area (Å²) in [6.07, 6.45) is 0.572. The number of anilines is 1. The van der Waals surface area contributed by atoms with Crippen LogP contribution in [0.5, 0.6) is 5.75 Å². The molecule has 0 aliphatic rings. The van der Waals surface area contributed by atoms with Gasteiger partial charge in [0.05, 0.1) is 18.0 Å². The number of benzene rings is 2. The largest absolute Gasteiger partial charge is 0.493 e. The minimum Gasteiger partial charge on any atom is -0.493 e. The van der Waals surface area contributed by atoms with Crippen molar-refractivity contribution >= 4 is 22.6 Å². The van der Waals surface area contributed by atoms with Crippen LogP contribution < -0.4 is 10.5 Å². The number of hydrogen-bond acceptors (Lipinski definition) is 4. The molecule has 3 aromatic rings. The Morgan fingerprint density at radius 3 is 2.75 bits per heavy atom. The topological polar surface area (TPSA) is 70.1 Å². The molecule has 124 valence electrons. The minimum absolute atomic E-state index is 0.206. The molecule has 0 fully saturated rings. The van der Waals surface area contributed by atoms with Crippen LogP contribution in [0.4, 0.5) is 10.2 Å². The fraction of sp³-hybridized carbons (Fsp3) is 0.222. The maximum atomic E-state index is 13.5. The smallest absolute Gasteiger partial charge is 0.254 e. The van der Waals surface area contributed by atoms with Crippen molar-refractivity contribution in [3.8, 4) is 5.75 Å². The Morgan fingerprint density at radius 1 is 1.29 bits per heavy atom. The Kier molecular flexibility index (Phi) is 4.46. The number of nitrogens with two attached hydrogens (primary N) is 1. The van der Waals surface area contributed by atoms with Crippen LogP contribution in [-0.2, 0) is 0 Å². The number of rotatable bonds is 5. The zero-order valence-corrected chi connectivity index (χ0v) is 13.3. The summed E-state index contributed by atoms with van der Waals surface area (Å²) in [5.74, 6) is -0.210. The van der Waals surface area contributed by atoms with E-state index in [0.717, 1.165) is 0 Å². The van der Waals surface area contributed by atoms with E-state index in [1.54, 1.807) is 0 Å². The maximum Gasteiger partial charge on any atom is 0.254 e. The minimum atomic E-state index is -0.440. The molecule has 1 heterocycles. The number of fused-ring (bicyclic) bond motifs is 1. The summed E-state index contributed by atoms with van der Waals surface area (Å²) in [7, 11) is 0. The lowest BCUT2D eigenvalue weighted by atomic mass is 10.1. The van der Waals surface area contributed by atoms with Crippen LogP contribution in [0.1, 0.15) is 18.1 Å². The second-order valence-electron chi connectivity index (χ2n) is 5.53. The molecule has 0 aliphatic carbocycles. The van der Waals surface area contributed by atoms with Crippen molar-refractivity contribution in [2.75, 3.05) is 12.3 Å². The summed E-state index contributed by atoms with van der Waals surface area (Å²) in [6, 6.07) is 13.4. The Morgan fingerprint density at radius 2 is 2.04 bits per heavy atom. The van der Waals surface area contributed by atoms with E-state index in [9.17, 15) is 9.18 Å². The van der Waals surface area contributed by atoms with E-state index in [1.807, 2.05) is 37.3 Å². The molecule has 3 rings (SSSR count). The van der Waals surface area contributed by atoms with Gasteiger partial charge in [0, 0.05) is 11.5 Å². The Bertz CT molecular complexity index is 861. The van der Waals surface area contributed by atoms with Gasteiger partial charge in [-0.2, -0.15) is 4.68 Å². The molecule has 0 saturated heterocycles. The standard InChI is InChI=1S/C18H18FN3O2/c1-2-12(11-24-14-6-4-3-5-7-14)18(23)22-16-10-13(19)8-9-15(16)17(20)21-22/h3-10,12H,2,11H2,1H3,(H2,20,21). The Labute approximate surface area is 138 Å². The summed E-state index contributed by atoms with van der Waals surface area (Å²) in [6.45, 7) is 2.11. The highest BCUT2D eigenvalue weighted by Crippen LogP contribution is 2.23. The molecule has 1 aromatic heterocycles. The molecule has 1 unspecified atom stereocenters. The van der Waals surface area contributed by atoms with Gasteiger partial charge in [0.2, 0.25) is 0 Å². The summed E-state index contributed by atoms with van der Waals surface area (Å²) >= 11 is 0. The normalized spacial score (nSPS) is 12.2. The van der Waals surface area contributed by atoms with Crippen molar-refractivity contribution in [3.63, 3.8) is 0 Å². The van der Waals surface area contributed by atoms with E-state index in [1.165, 1.54) is 22.9 Å². The molecule has 2 aromatic carbocycles. The zero-order valence-electron chi connectivity index (χ0n) is 13.3. The highest BCUT2D eigenvalue weighted by atomic mass is 19.1. The number of para-hydroxylation sites is 1. The quantitative estimate of drug-likeness (QED) is 0.778. The van der Waals surface area contributed by atoms with E-state index in [4.69, 9.17) is 10.5 Å². The van der Waals surface area contributed by atoms with Crippen LogP contribution in [0.3, 0.4) is 0 Å². The first-order chi connectivity index (χ1) is 11.6. The van der Waals surface area contributed by atoms with Gasteiger partial charge >= 0.3 is 0 Å². The van der Waals surface area contributed by atoms with Gasteiger partial charge in [-0.1, -0.05) is 25.1 Å². The second kappa shape index (κ2) is 6.70. The maximum absolute atomic E-state index is 13.5. The molecule has 0 saturated carbocycles. The molecule has 0 bridgehead atoms. The lowest BCUT2D eigenvalue weighted by Crippen LogP contribution is -2.27. The van der Waals surface area contributed by atoms with E-state index in [2.05, 4.69) is 5.10 Å². The number of hydrogen-bond donors (Lipinski definition) is 1. The fourth-order valence-corrected chi connectivity index (χ4v) is 2.53. The van der Waals surface area contributed by atoms with E-state index < -0.39 is 11.7 Å². The fourth-order valence-electron chi connectivity index (χ4n) is 2.53. The van der Waals surface area contributed by atoms with Gasteiger partial charge in [-0.25, -0.2) is 4.39 Å². The number of halogens is 1. The lowest BCUT2D eigenvalue weighted by molar-refractivity contribution is 0.0771. The number of carbonyl (C=O) groups is 1. The van der Waals surface area contributed by atoms with E-state index >= 15 is 0 Å². The predicted molar refractivity (Wildman–Crippen MR) is 90.4 cm³/mol. The third-order valence-corrected chi connectivity index (χ3v) is 3.92. The van der Waals surface area contributed by atoms with Crippen molar-refractivity contribution < 1.29 is 13.9 Å². The molecular weight excluding hydrogens is 309 g/mol. The molecule has 24 heavy (non-hydrogen) atoms. The van der Waals surface area contributed by atoms with Crippen molar-refractivity contribution in [2.24, 2.45) is 5.92 Å². The van der Waals surface area contributed by atoms with Gasteiger partial charge in [-0.05, 0) is 30.7 Å². The summed E-state index contributed by atoms with van der Waals surface area (Å²) in [4.78, 5) is 12.8. The number of carbonyl (C=O) groups excluding carboxylic acids is 1. The molecule has 0 aliphatic heterocycles. The van der Waals surface area contributed by atoms with E-state index in [-0.39, 0.29) is 18.3 Å². The summed E-state index contributed by atoms with van der Waals surface area (Å²) in [5.41, 5.74) is 6.20. The molecular formula is C18H18FN3O2. The highest BCUT2D eigenvalue weighted by molar-refractivity contribution is 5.97. The van der Waals surface area contributed by atoms with Crippen molar-refractivity contribution in [2.45, 2.75) is 13.3 Å². The zero-order chi connectivity index (χ0) is 17.1. The van der Waals surface area contributed by atoms with Gasteiger partial charge in [-0.3, -0.25) is 4.79 Å². The van der Waals surface area contributed by atoms with Crippen LogP contribution in [0.2, 0.25) is 0 Å². The van der Waals surface area contributed by atoms with Gasteiger partial charge in [-0.15, -0.1) is 5.10 Å². The third kappa shape index (κ3) is 3.08. The Balaban J connectivity index is 1.85. The predicted octanol–water partition coefficient (Wildman–Crippen LogP) is 3.50. The third-order valence-electron chi connectivity index (χ3n) is 3.92. The van der Waals surface area contributed by atoms with Gasteiger partial charge in [0.1, 0.15) is 11.6 Å². The molecule has 5 nitrogen and oxygen atoms in total. The molecule has 1 atom stereocenters. The summed E-state index contributed by atoms with van der Waals surface area (Å²) in [5, 5.41) is 4.64. The first-order valence-electron chi connectivity index (χ1n) is 7.76. The highest BCUT2D eigenvalue weighted by Gasteiger charge is 2.23. The van der Waals surface area contributed by atoms with Gasteiger partial charge in [0.25, 0.3) is 5.91 Å². The monoisotopic (exact) mass is 327 g/mol. The van der Waals surface area contributed by atoms with Crippen molar-refractivity contribution in [1.82, 2.24) is 9.78 Å². The number of nitrogen functional groups attached to an aromatic ring is 1.